The summed E-state index contributed by atoms with van der Waals surface area (Å²) in [4.78, 5) is 0. The van der Waals surface area contributed by atoms with Gasteiger partial charge in [0.2, 0.25) is 0 Å². The highest BCUT2D eigenvalue weighted by atomic mass is 14.3. The van der Waals surface area contributed by atoms with Crippen molar-refractivity contribution in [2.45, 2.75) is 109 Å². The molecule has 0 saturated heterocycles. The molecule has 0 aliphatic heterocycles. The van der Waals surface area contributed by atoms with Gasteiger partial charge in [-0.25, -0.2) is 0 Å². The van der Waals surface area contributed by atoms with E-state index in [1.54, 1.807) is 11.1 Å². The van der Waals surface area contributed by atoms with Crippen LogP contribution in [0.3, 0.4) is 0 Å². The summed E-state index contributed by atoms with van der Waals surface area (Å²) in [5, 5.41) is 0. The molecule has 0 N–H and O–H groups in total. The molecule has 0 bridgehead atoms. The van der Waals surface area contributed by atoms with E-state index in [-0.39, 0.29) is 0 Å². The van der Waals surface area contributed by atoms with Crippen LogP contribution in [0.1, 0.15) is 106 Å². The van der Waals surface area contributed by atoms with Gasteiger partial charge in [-0.15, -0.1) is 0 Å². The number of allylic oxidation sites excluding steroid dienone is 2. The summed E-state index contributed by atoms with van der Waals surface area (Å²) in [7, 11) is 0. The van der Waals surface area contributed by atoms with E-state index in [0.29, 0.717) is 0 Å². The molecule has 0 unspecified atom stereocenters. The molecule has 0 aliphatic rings. The molecule has 30 heavy (non-hydrogen) atoms. The summed E-state index contributed by atoms with van der Waals surface area (Å²) in [5.74, 6) is 0. The van der Waals surface area contributed by atoms with Crippen LogP contribution < -0.4 is 0 Å². The van der Waals surface area contributed by atoms with Gasteiger partial charge in [0.1, 0.15) is 0 Å². The highest BCUT2D eigenvalue weighted by Crippen LogP contribution is 2.42. The Hall–Kier alpha value is -1.82. The van der Waals surface area contributed by atoms with Gasteiger partial charge >= 0.3 is 0 Å². The molecule has 0 heteroatoms. The first-order valence-corrected chi connectivity index (χ1v) is 11.9. The number of benzene rings is 2. The molecular formula is C30H44. The van der Waals surface area contributed by atoms with Crippen molar-refractivity contribution >= 4 is 11.1 Å². The van der Waals surface area contributed by atoms with Crippen LogP contribution in [-0.4, -0.2) is 0 Å². The Morgan fingerprint density at radius 2 is 0.567 bits per heavy atom. The van der Waals surface area contributed by atoms with Crippen LogP contribution in [-0.2, 0) is 0 Å². The second kappa shape index (κ2) is 9.54. The first kappa shape index (κ1) is 24.4. The molecule has 0 nitrogen and oxygen atoms in total. The fourth-order valence-electron chi connectivity index (χ4n) is 5.26. The van der Waals surface area contributed by atoms with Gasteiger partial charge in [0.15, 0.2) is 0 Å². The van der Waals surface area contributed by atoms with Crippen molar-refractivity contribution < 1.29 is 0 Å². The average Bonchev–Trinajstić information content (AvgIpc) is 2.72. The van der Waals surface area contributed by atoms with Crippen LogP contribution >= 0.6 is 0 Å². The van der Waals surface area contributed by atoms with Crippen molar-refractivity contribution in [3.63, 3.8) is 0 Å². The summed E-state index contributed by atoms with van der Waals surface area (Å²) >= 11 is 0. The Balaban J connectivity index is 3.08. The van der Waals surface area contributed by atoms with Gasteiger partial charge in [0.05, 0.1) is 0 Å². The maximum absolute atomic E-state index is 2.34. The molecule has 0 fully saturated rings. The van der Waals surface area contributed by atoms with Gasteiger partial charge < -0.3 is 0 Å². The van der Waals surface area contributed by atoms with Crippen molar-refractivity contribution in [2.24, 2.45) is 0 Å². The number of rotatable bonds is 6. The second-order valence-electron chi connectivity index (χ2n) is 9.46. The predicted octanol–water partition coefficient (Wildman–Crippen LogP) is 9.28. The fourth-order valence-corrected chi connectivity index (χ4v) is 5.26. The lowest BCUT2D eigenvalue weighted by Crippen LogP contribution is -2.07. The Labute approximate surface area is 186 Å². The zero-order valence-electron chi connectivity index (χ0n) is 21.8. The Morgan fingerprint density at radius 3 is 0.767 bits per heavy atom. The van der Waals surface area contributed by atoms with E-state index in [9.17, 15) is 0 Å². The lowest BCUT2D eigenvalue weighted by Gasteiger charge is -2.27. The van der Waals surface area contributed by atoms with E-state index in [1.807, 2.05) is 0 Å². The Kier molecular flexibility index (Phi) is 7.78. The monoisotopic (exact) mass is 404 g/mol. The number of hydrogen-bond acceptors (Lipinski definition) is 0. The van der Waals surface area contributed by atoms with Gasteiger partial charge in [-0.05, 0) is 160 Å². The second-order valence-corrected chi connectivity index (χ2v) is 9.46. The molecular weight excluding hydrogens is 360 g/mol. The first-order chi connectivity index (χ1) is 14.0. The molecule has 0 amide bonds. The molecule has 2 aromatic carbocycles. The summed E-state index contributed by atoms with van der Waals surface area (Å²) in [5.41, 5.74) is 20.9. The van der Waals surface area contributed by atoms with Crippen LogP contribution in [0.5, 0.6) is 0 Å². The van der Waals surface area contributed by atoms with E-state index >= 15 is 0 Å². The van der Waals surface area contributed by atoms with Crippen LogP contribution in [0, 0.1) is 69.2 Å². The zero-order chi connectivity index (χ0) is 22.9. The standard InChI is InChI=1S/C30H44/c1-13-15-27(29-23(9)19(5)17(3)20(6)24(29)10)28(16-14-2)30-25(11)21(7)18(4)22(8)26(30)12/h13-16H2,1-12H3/b28-27-. The first-order valence-electron chi connectivity index (χ1n) is 11.9. The topological polar surface area (TPSA) is 0 Å². The van der Waals surface area contributed by atoms with Crippen molar-refractivity contribution in [1.29, 1.82) is 0 Å². The fraction of sp³-hybridized carbons (Fsp3) is 0.533. The molecule has 0 radical (unpaired) electrons. The van der Waals surface area contributed by atoms with Crippen molar-refractivity contribution in [2.75, 3.05) is 0 Å². The van der Waals surface area contributed by atoms with Crippen LogP contribution in [0.15, 0.2) is 0 Å². The largest absolute Gasteiger partial charge is 0.0651 e. The lowest BCUT2D eigenvalue weighted by molar-refractivity contribution is 0.937. The van der Waals surface area contributed by atoms with Crippen molar-refractivity contribution in [3.05, 3.63) is 66.8 Å². The molecule has 2 rings (SSSR count). The Morgan fingerprint density at radius 1 is 0.367 bits per heavy atom. The van der Waals surface area contributed by atoms with Crippen molar-refractivity contribution in [1.82, 2.24) is 0 Å². The molecule has 0 aliphatic carbocycles. The number of hydrogen-bond donors (Lipinski definition) is 0. The van der Waals surface area contributed by atoms with E-state index in [0.717, 1.165) is 12.8 Å². The maximum atomic E-state index is 2.34. The minimum atomic E-state index is 1.14. The van der Waals surface area contributed by atoms with E-state index in [1.165, 1.54) is 79.6 Å². The predicted molar refractivity (Wildman–Crippen MR) is 137 cm³/mol. The third-order valence-corrected chi connectivity index (χ3v) is 7.97. The third kappa shape index (κ3) is 4.03. The summed E-state index contributed by atoms with van der Waals surface area (Å²) in [6, 6.07) is 0. The van der Waals surface area contributed by atoms with Gasteiger partial charge in [-0.1, -0.05) is 26.7 Å². The SMILES string of the molecule is CCC/C(=C(\CCC)c1c(C)c(C)c(C)c(C)c1C)c1c(C)c(C)c(C)c(C)c1C. The smallest absolute Gasteiger partial charge is 0.0157 e. The Bertz CT molecular complexity index is 856. The summed E-state index contributed by atoms with van der Waals surface area (Å²) in [6.07, 6.45) is 4.64. The van der Waals surface area contributed by atoms with Crippen LogP contribution in [0.2, 0.25) is 0 Å². The highest BCUT2D eigenvalue weighted by molar-refractivity contribution is 5.95. The lowest BCUT2D eigenvalue weighted by atomic mass is 9.78. The molecule has 0 heterocycles. The molecule has 0 atom stereocenters. The van der Waals surface area contributed by atoms with Crippen LogP contribution in [0.4, 0.5) is 0 Å². The van der Waals surface area contributed by atoms with Gasteiger partial charge in [-0.2, -0.15) is 0 Å². The minimum Gasteiger partial charge on any atom is -0.0651 e. The molecule has 0 saturated carbocycles. The maximum Gasteiger partial charge on any atom is -0.0157 e. The summed E-state index contributed by atoms with van der Waals surface area (Å²) in [6.45, 7) is 27.8. The third-order valence-electron chi connectivity index (χ3n) is 7.97. The normalized spacial score (nSPS) is 12.4. The molecule has 0 aromatic heterocycles. The van der Waals surface area contributed by atoms with E-state index in [4.69, 9.17) is 0 Å². The van der Waals surface area contributed by atoms with Gasteiger partial charge in [0, 0.05) is 0 Å². The zero-order valence-corrected chi connectivity index (χ0v) is 21.8. The quantitative estimate of drug-likeness (QED) is 0.421. The van der Waals surface area contributed by atoms with E-state index in [2.05, 4.69) is 83.1 Å². The van der Waals surface area contributed by atoms with Gasteiger partial charge in [-0.3, -0.25) is 0 Å². The average molecular weight is 405 g/mol. The summed E-state index contributed by atoms with van der Waals surface area (Å²) < 4.78 is 0. The van der Waals surface area contributed by atoms with E-state index < -0.39 is 0 Å². The molecule has 0 spiro atoms. The minimum absolute atomic E-state index is 1.14. The highest BCUT2D eigenvalue weighted by Gasteiger charge is 2.22. The van der Waals surface area contributed by atoms with Crippen molar-refractivity contribution in [3.8, 4) is 0 Å². The molecule has 2 aromatic rings. The van der Waals surface area contributed by atoms with Crippen LogP contribution in [0.25, 0.3) is 11.1 Å². The molecule has 164 valence electrons. The van der Waals surface area contributed by atoms with Gasteiger partial charge in [0.25, 0.3) is 0 Å².